The largest absolute Gasteiger partial charge is 0.326 e. The Morgan fingerprint density at radius 2 is 2.14 bits per heavy atom. The predicted molar refractivity (Wildman–Crippen MR) is 76.3 cm³/mol. The van der Waals surface area contributed by atoms with E-state index in [1.807, 2.05) is 6.92 Å². The molecule has 21 heavy (non-hydrogen) atoms. The molecule has 6 nitrogen and oxygen atoms in total. The van der Waals surface area contributed by atoms with E-state index < -0.39 is 20.7 Å². The number of halogens is 1. The first-order valence-corrected chi connectivity index (χ1v) is 7.79. The molecule has 3 N–H and O–H groups in total. The van der Waals surface area contributed by atoms with E-state index in [2.05, 4.69) is 9.82 Å². The van der Waals surface area contributed by atoms with Crippen LogP contribution in [0.4, 0.5) is 4.39 Å². The van der Waals surface area contributed by atoms with Crippen molar-refractivity contribution in [2.45, 2.75) is 24.9 Å². The fraction of sp³-hybridized carbons (Fsp3) is 0.308. The number of benzene rings is 1. The summed E-state index contributed by atoms with van der Waals surface area (Å²) in [5.41, 5.74) is 7.58. The van der Waals surface area contributed by atoms with Gasteiger partial charge in [0.15, 0.2) is 0 Å². The Bertz CT molecular complexity index is 756. The van der Waals surface area contributed by atoms with E-state index in [0.29, 0.717) is 5.56 Å². The molecule has 1 aromatic heterocycles. The van der Waals surface area contributed by atoms with Crippen LogP contribution in [0.15, 0.2) is 29.3 Å². The number of aromatic nitrogens is 2. The molecule has 8 heteroatoms. The van der Waals surface area contributed by atoms with Crippen molar-refractivity contribution in [1.29, 1.82) is 0 Å². The Morgan fingerprint density at radius 1 is 1.43 bits per heavy atom. The van der Waals surface area contributed by atoms with Crippen molar-refractivity contribution in [3.63, 3.8) is 0 Å². The van der Waals surface area contributed by atoms with Gasteiger partial charge in [-0.1, -0.05) is 6.07 Å². The number of nitrogens with one attached hydrogen (secondary N) is 1. The number of nitrogens with zero attached hydrogens (tertiary/aromatic N) is 2. The summed E-state index contributed by atoms with van der Waals surface area (Å²) in [6, 6.07) is 3.81. The van der Waals surface area contributed by atoms with Gasteiger partial charge >= 0.3 is 0 Å². The number of hydrogen-bond donors (Lipinski definition) is 2. The first kappa shape index (κ1) is 15.6. The van der Waals surface area contributed by atoms with Crippen molar-refractivity contribution in [2.75, 3.05) is 0 Å². The molecule has 2 rings (SSSR count). The number of nitrogens with two attached hydrogens (primary N) is 1. The Kier molecular flexibility index (Phi) is 4.40. The second-order valence-electron chi connectivity index (χ2n) is 4.67. The summed E-state index contributed by atoms with van der Waals surface area (Å²) < 4.78 is 42.1. The molecule has 0 amide bonds. The van der Waals surface area contributed by atoms with Gasteiger partial charge in [-0.25, -0.2) is 17.5 Å². The van der Waals surface area contributed by atoms with E-state index in [1.165, 1.54) is 12.1 Å². The van der Waals surface area contributed by atoms with Crippen molar-refractivity contribution in [2.24, 2.45) is 12.8 Å². The smallest absolute Gasteiger partial charge is 0.243 e. The molecule has 0 aliphatic rings. The quantitative estimate of drug-likeness (QED) is 0.854. The summed E-state index contributed by atoms with van der Waals surface area (Å²) in [4.78, 5) is -0.396. The lowest BCUT2D eigenvalue weighted by atomic mass is 10.2. The molecule has 0 aliphatic carbocycles. The van der Waals surface area contributed by atoms with Crippen LogP contribution in [-0.4, -0.2) is 18.2 Å². The average molecular weight is 312 g/mol. The van der Waals surface area contributed by atoms with Gasteiger partial charge in [0, 0.05) is 31.4 Å². The molecule has 0 spiro atoms. The highest BCUT2D eigenvalue weighted by molar-refractivity contribution is 7.89. The van der Waals surface area contributed by atoms with Crippen molar-refractivity contribution >= 4 is 10.0 Å². The molecule has 0 atom stereocenters. The van der Waals surface area contributed by atoms with Crippen LogP contribution in [0.5, 0.6) is 0 Å². The highest BCUT2D eigenvalue weighted by Gasteiger charge is 2.20. The van der Waals surface area contributed by atoms with Gasteiger partial charge in [0.25, 0.3) is 0 Å². The maximum Gasteiger partial charge on any atom is 0.243 e. The number of aryl methyl sites for hydroxylation is 1. The Morgan fingerprint density at radius 3 is 2.71 bits per heavy atom. The summed E-state index contributed by atoms with van der Waals surface area (Å²) in [6.45, 7) is 2.02. The zero-order valence-electron chi connectivity index (χ0n) is 11.8. The average Bonchev–Trinajstić information content (AvgIpc) is 2.77. The summed E-state index contributed by atoms with van der Waals surface area (Å²) in [7, 11) is -2.19. The van der Waals surface area contributed by atoms with Crippen molar-refractivity contribution in [3.05, 3.63) is 47.0 Å². The molecule has 0 unspecified atom stereocenters. The highest BCUT2D eigenvalue weighted by Crippen LogP contribution is 2.17. The van der Waals surface area contributed by atoms with Crippen molar-refractivity contribution < 1.29 is 12.8 Å². The van der Waals surface area contributed by atoms with Crippen LogP contribution in [-0.2, 0) is 30.2 Å². The lowest BCUT2D eigenvalue weighted by Gasteiger charge is -2.09. The van der Waals surface area contributed by atoms with E-state index >= 15 is 0 Å². The molecule has 0 saturated carbocycles. The van der Waals surface area contributed by atoms with Crippen LogP contribution >= 0.6 is 0 Å². The van der Waals surface area contributed by atoms with Gasteiger partial charge in [-0.2, -0.15) is 5.10 Å². The molecule has 114 valence electrons. The van der Waals surface area contributed by atoms with Gasteiger partial charge in [0.1, 0.15) is 10.7 Å². The van der Waals surface area contributed by atoms with E-state index in [-0.39, 0.29) is 13.1 Å². The third-order valence-corrected chi connectivity index (χ3v) is 4.73. The zero-order chi connectivity index (χ0) is 15.6. The normalized spacial score (nSPS) is 11.8. The van der Waals surface area contributed by atoms with Gasteiger partial charge < -0.3 is 5.73 Å². The van der Waals surface area contributed by atoms with E-state index in [9.17, 15) is 12.8 Å². The van der Waals surface area contributed by atoms with Crippen LogP contribution in [0.2, 0.25) is 0 Å². The molecule has 2 aromatic rings. The molecule has 0 saturated heterocycles. The molecule has 0 bridgehead atoms. The molecule has 0 aliphatic heterocycles. The number of rotatable bonds is 5. The molecular weight excluding hydrogens is 295 g/mol. The SMILES string of the molecule is Cc1c(CNS(=O)(=O)c2cc(CN)ccc2F)cnn1C. The lowest BCUT2D eigenvalue weighted by Crippen LogP contribution is -2.24. The monoisotopic (exact) mass is 312 g/mol. The van der Waals surface area contributed by atoms with E-state index in [1.54, 1.807) is 17.9 Å². The second kappa shape index (κ2) is 5.92. The van der Waals surface area contributed by atoms with Crippen LogP contribution in [0.25, 0.3) is 0 Å². The Balaban J connectivity index is 2.24. The minimum absolute atomic E-state index is 0.0499. The summed E-state index contributed by atoms with van der Waals surface area (Å²) in [6.07, 6.45) is 1.57. The summed E-state index contributed by atoms with van der Waals surface area (Å²) in [5.74, 6) is -0.803. The molecule has 1 aromatic carbocycles. The first-order valence-electron chi connectivity index (χ1n) is 6.31. The van der Waals surface area contributed by atoms with E-state index in [4.69, 9.17) is 5.73 Å². The van der Waals surface area contributed by atoms with Gasteiger partial charge in [-0.15, -0.1) is 0 Å². The lowest BCUT2D eigenvalue weighted by molar-refractivity contribution is 0.556. The third kappa shape index (κ3) is 3.29. The maximum atomic E-state index is 13.7. The van der Waals surface area contributed by atoms with Gasteiger partial charge in [0.05, 0.1) is 6.20 Å². The van der Waals surface area contributed by atoms with Crippen LogP contribution < -0.4 is 10.5 Å². The van der Waals surface area contributed by atoms with Gasteiger partial charge in [0.2, 0.25) is 10.0 Å². The topological polar surface area (TPSA) is 90.0 Å². The Labute approximate surface area is 122 Å². The van der Waals surface area contributed by atoms with Crippen molar-refractivity contribution in [3.8, 4) is 0 Å². The van der Waals surface area contributed by atoms with E-state index in [0.717, 1.165) is 17.3 Å². The summed E-state index contributed by atoms with van der Waals surface area (Å²) >= 11 is 0. The third-order valence-electron chi connectivity index (χ3n) is 3.31. The fourth-order valence-electron chi connectivity index (χ4n) is 1.85. The minimum Gasteiger partial charge on any atom is -0.326 e. The number of hydrogen-bond acceptors (Lipinski definition) is 4. The molecular formula is C13H17FN4O2S. The first-order chi connectivity index (χ1) is 9.85. The summed E-state index contributed by atoms with van der Waals surface area (Å²) in [5, 5.41) is 4.03. The Hall–Kier alpha value is -1.77. The van der Waals surface area contributed by atoms with Crippen LogP contribution in [0, 0.1) is 12.7 Å². The standard InChI is InChI=1S/C13H17FN4O2S/c1-9-11(7-16-18(9)2)8-17-21(19,20)13-5-10(6-15)3-4-12(13)14/h3-5,7,17H,6,8,15H2,1-2H3. The predicted octanol–water partition coefficient (Wildman–Crippen LogP) is 0.805. The fourth-order valence-corrected chi connectivity index (χ4v) is 2.98. The minimum atomic E-state index is -3.95. The molecule has 1 heterocycles. The van der Waals surface area contributed by atoms with Gasteiger partial charge in [-0.3, -0.25) is 4.68 Å². The van der Waals surface area contributed by atoms with Crippen molar-refractivity contribution in [1.82, 2.24) is 14.5 Å². The molecule has 0 fully saturated rings. The van der Waals surface area contributed by atoms with Crippen LogP contribution in [0.1, 0.15) is 16.8 Å². The maximum absolute atomic E-state index is 13.7. The van der Waals surface area contributed by atoms with Crippen LogP contribution in [0.3, 0.4) is 0 Å². The highest BCUT2D eigenvalue weighted by atomic mass is 32.2. The molecule has 0 radical (unpaired) electrons. The number of sulfonamides is 1. The second-order valence-corrected chi connectivity index (χ2v) is 6.41. The zero-order valence-corrected chi connectivity index (χ0v) is 12.6. The van der Waals surface area contributed by atoms with Gasteiger partial charge in [-0.05, 0) is 24.6 Å².